The van der Waals surface area contributed by atoms with Gasteiger partial charge in [-0.3, -0.25) is 9.09 Å². The summed E-state index contributed by atoms with van der Waals surface area (Å²) in [7, 11) is -17.2. The molecule has 1 aliphatic heterocycles. The molecule has 6 atom stereocenters. The third-order valence-electron chi connectivity index (χ3n) is 3.59. The predicted molar refractivity (Wildman–Crippen MR) is 96.7 cm³/mol. The summed E-state index contributed by atoms with van der Waals surface area (Å²) in [6.07, 6.45) is -4.99. The zero-order chi connectivity index (χ0) is 24.5. The van der Waals surface area contributed by atoms with Crippen LogP contribution in [0.2, 0.25) is 0 Å². The van der Waals surface area contributed by atoms with Crippen LogP contribution in [0.3, 0.4) is 0 Å². The molecule has 8 N–H and O–H groups in total. The second-order valence-corrected chi connectivity index (χ2v) is 10.3. The summed E-state index contributed by atoms with van der Waals surface area (Å²) in [4.78, 5) is 53.3. The topological polar surface area (TPSA) is 319 Å². The number of phosphoric ester groups is 1. The minimum absolute atomic E-state index is 0.201. The molecule has 0 aliphatic carbocycles. The molecule has 0 aromatic carbocycles. The molecule has 2 heterocycles. The Morgan fingerprint density at radius 1 is 1.25 bits per heavy atom. The lowest BCUT2D eigenvalue weighted by Gasteiger charge is -2.27. The van der Waals surface area contributed by atoms with E-state index in [1.807, 2.05) is 0 Å². The number of hydrogen-bond donors (Lipinski definition) is 7. The van der Waals surface area contributed by atoms with Crippen LogP contribution in [0.4, 0.5) is 5.82 Å². The number of phosphoric acid groups is 3. The van der Waals surface area contributed by atoms with Gasteiger partial charge < -0.3 is 40.3 Å². The molecule has 0 saturated carbocycles. The SMILES string of the molecule is [N-]=[N+]=NC1(COP(=O)(O)OP(=O)(O)OP(=O)(O)O)O[C@@H](n2ccc(N)nc2=O)[C@@H](O)[C@H]1O. The molecule has 3 unspecified atom stereocenters. The first-order valence-corrected chi connectivity index (χ1v) is 12.3. The minimum Gasteiger partial charge on any atom is -0.387 e. The average Bonchev–Trinajstić information content (AvgIpc) is 2.83. The highest BCUT2D eigenvalue weighted by molar-refractivity contribution is 7.66. The van der Waals surface area contributed by atoms with Gasteiger partial charge in [0.05, 0.1) is 6.61 Å². The van der Waals surface area contributed by atoms with Crippen molar-refractivity contribution in [1.82, 2.24) is 9.55 Å². The quantitative estimate of drug-likeness (QED) is 0.0829. The van der Waals surface area contributed by atoms with E-state index in [-0.39, 0.29) is 5.82 Å². The zero-order valence-electron chi connectivity index (χ0n) is 15.2. The van der Waals surface area contributed by atoms with Crippen molar-refractivity contribution in [3.05, 3.63) is 33.2 Å². The first kappa shape index (κ1) is 26.5. The number of ether oxygens (including phenoxy) is 1. The minimum atomic E-state index is -5.86. The van der Waals surface area contributed by atoms with Crippen molar-refractivity contribution >= 4 is 29.3 Å². The predicted octanol–water partition coefficient (Wildman–Crippen LogP) is -1.57. The molecule has 1 aromatic rings. The molecule has 0 bridgehead atoms. The van der Waals surface area contributed by atoms with E-state index in [0.717, 1.165) is 12.3 Å². The number of aromatic nitrogens is 2. The van der Waals surface area contributed by atoms with Gasteiger partial charge in [0.15, 0.2) is 6.23 Å². The van der Waals surface area contributed by atoms with Gasteiger partial charge in [-0.1, -0.05) is 5.11 Å². The smallest absolute Gasteiger partial charge is 0.387 e. The first-order chi connectivity index (χ1) is 14.5. The number of rotatable bonds is 9. The summed E-state index contributed by atoms with van der Waals surface area (Å²) in [5, 5.41) is 23.6. The molecule has 23 heteroatoms. The van der Waals surface area contributed by atoms with Crippen molar-refractivity contribution in [2.45, 2.75) is 24.2 Å². The van der Waals surface area contributed by atoms with Crippen LogP contribution in [-0.4, -0.2) is 63.9 Å². The number of azide groups is 1. The van der Waals surface area contributed by atoms with Crippen LogP contribution >= 0.6 is 23.5 Å². The maximum atomic E-state index is 12.0. The number of aliphatic hydroxyl groups excluding tert-OH is 2. The molecule has 32 heavy (non-hydrogen) atoms. The molecule has 180 valence electrons. The fourth-order valence-electron chi connectivity index (χ4n) is 2.40. The van der Waals surface area contributed by atoms with Gasteiger partial charge >= 0.3 is 29.2 Å². The highest BCUT2D eigenvalue weighted by Crippen LogP contribution is 2.66. The van der Waals surface area contributed by atoms with Crippen molar-refractivity contribution in [2.24, 2.45) is 5.11 Å². The highest BCUT2D eigenvalue weighted by atomic mass is 31.3. The lowest BCUT2D eigenvalue weighted by atomic mass is 10.1. The molecule has 1 fully saturated rings. The molecule has 0 amide bonds. The van der Waals surface area contributed by atoms with E-state index in [4.69, 9.17) is 30.7 Å². The zero-order valence-corrected chi connectivity index (χ0v) is 17.9. The maximum Gasteiger partial charge on any atom is 0.490 e. The van der Waals surface area contributed by atoms with E-state index in [1.165, 1.54) is 0 Å². The summed E-state index contributed by atoms with van der Waals surface area (Å²) in [6, 6.07) is 1.11. The summed E-state index contributed by atoms with van der Waals surface area (Å²) in [5.41, 5.74) is 10.3. The normalized spacial score (nSPS) is 29.6. The molecule has 1 aliphatic rings. The van der Waals surface area contributed by atoms with E-state index in [1.54, 1.807) is 0 Å². The summed E-state index contributed by atoms with van der Waals surface area (Å²) >= 11 is 0. The monoisotopic (exact) mass is 524 g/mol. The molecular weight excluding hydrogens is 509 g/mol. The highest BCUT2D eigenvalue weighted by Gasteiger charge is 2.56. The molecule has 20 nitrogen and oxygen atoms in total. The third-order valence-corrected chi connectivity index (χ3v) is 7.38. The van der Waals surface area contributed by atoms with E-state index < -0.39 is 59.9 Å². The third kappa shape index (κ3) is 6.41. The maximum absolute atomic E-state index is 12.0. The fourth-order valence-corrected chi connectivity index (χ4v) is 5.44. The van der Waals surface area contributed by atoms with E-state index in [9.17, 15) is 33.6 Å². The average molecular weight is 524 g/mol. The van der Waals surface area contributed by atoms with Gasteiger partial charge in [-0.15, -0.1) is 0 Å². The van der Waals surface area contributed by atoms with Gasteiger partial charge in [-0.2, -0.15) is 13.6 Å². The van der Waals surface area contributed by atoms with Crippen LogP contribution in [0.1, 0.15) is 6.23 Å². The van der Waals surface area contributed by atoms with Gasteiger partial charge in [0.2, 0.25) is 5.72 Å². The van der Waals surface area contributed by atoms with Gasteiger partial charge in [0.25, 0.3) is 0 Å². The molecule has 0 radical (unpaired) electrons. The summed E-state index contributed by atoms with van der Waals surface area (Å²) in [5.74, 6) is -0.201. The Morgan fingerprint density at radius 3 is 2.41 bits per heavy atom. The number of nitrogen functional groups attached to an aromatic ring is 1. The van der Waals surface area contributed by atoms with Gasteiger partial charge in [-0.05, 0) is 11.6 Å². The van der Waals surface area contributed by atoms with Crippen molar-refractivity contribution in [2.75, 3.05) is 12.3 Å². The van der Waals surface area contributed by atoms with Crippen molar-refractivity contribution in [3.63, 3.8) is 0 Å². The van der Waals surface area contributed by atoms with Crippen molar-refractivity contribution < 1.29 is 61.4 Å². The lowest BCUT2D eigenvalue weighted by Crippen LogP contribution is -2.44. The Balaban J connectivity index is 2.28. The molecule has 0 spiro atoms. The summed E-state index contributed by atoms with van der Waals surface area (Å²) < 4.78 is 51.0. The number of aliphatic hydroxyl groups is 2. The van der Waals surface area contributed by atoms with Gasteiger partial charge in [0, 0.05) is 11.1 Å². The lowest BCUT2D eigenvalue weighted by molar-refractivity contribution is -0.123. The number of nitrogens with zero attached hydrogens (tertiary/aromatic N) is 5. The molecule has 2 rings (SSSR count). The Morgan fingerprint density at radius 2 is 1.88 bits per heavy atom. The molecule has 1 aromatic heterocycles. The fraction of sp³-hybridized carbons (Fsp3) is 0.556. The van der Waals surface area contributed by atoms with Gasteiger partial charge in [0.1, 0.15) is 18.0 Å². The largest absolute Gasteiger partial charge is 0.490 e. The number of nitrogens with two attached hydrogens (primary N) is 1. The van der Waals surface area contributed by atoms with Crippen molar-refractivity contribution in [3.8, 4) is 0 Å². The second-order valence-electron chi connectivity index (χ2n) is 5.88. The molecular formula is C9H15N6O14P3. The Kier molecular flexibility index (Phi) is 7.68. The van der Waals surface area contributed by atoms with Crippen LogP contribution in [0, 0.1) is 0 Å². The molecule has 1 saturated heterocycles. The first-order valence-electron chi connectivity index (χ1n) is 7.74. The van der Waals surface area contributed by atoms with Crippen LogP contribution in [0.25, 0.3) is 10.4 Å². The standard InChI is InChI=1S/C9H15N6O14P3/c10-4-1-2-15(8(18)12-4)7-5(16)6(17)9(27-7,13-14-11)3-26-31(22,23)29-32(24,25)28-30(19,20)21/h1-2,5-7,16-17H,3H2,(H,22,23)(H,24,25)(H2,10,12,18)(H2,19,20,21)/t5-,6+,7+,9?/m0/s1. The Bertz CT molecular complexity index is 1120. The Hall–Kier alpha value is -1.72. The summed E-state index contributed by atoms with van der Waals surface area (Å²) in [6.45, 7) is -1.44. The van der Waals surface area contributed by atoms with Crippen molar-refractivity contribution in [1.29, 1.82) is 0 Å². The Labute approximate surface area is 175 Å². The van der Waals surface area contributed by atoms with E-state index >= 15 is 0 Å². The van der Waals surface area contributed by atoms with Gasteiger partial charge in [-0.25, -0.2) is 18.5 Å². The number of hydrogen-bond acceptors (Lipinski definition) is 13. The van der Waals surface area contributed by atoms with Crippen LogP contribution in [0.5, 0.6) is 0 Å². The van der Waals surface area contributed by atoms with E-state index in [2.05, 4.69) is 28.2 Å². The number of anilines is 1. The van der Waals surface area contributed by atoms with Crippen LogP contribution in [-0.2, 0) is 31.6 Å². The van der Waals surface area contributed by atoms with Crippen LogP contribution < -0.4 is 11.4 Å². The second kappa shape index (κ2) is 9.26. The van der Waals surface area contributed by atoms with Crippen LogP contribution in [0.15, 0.2) is 22.2 Å². The van der Waals surface area contributed by atoms with E-state index in [0.29, 0.717) is 4.57 Å².